The Hall–Kier alpha value is -2.64. The van der Waals surface area contributed by atoms with Crippen LogP contribution in [0.5, 0.6) is 0 Å². The first-order valence-corrected chi connectivity index (χ1v) is 6.51. The van der Waals surface area contributed by atoms with E-state index in [1.165, 1.54) is 23.2 Å². The smallest absolute Gasteiger partial charge is 0.251 e. The summed E-state index contributed by atoms with van der Waals surface area (Å²) in [6.07, 6.45) is 1.74. The lowest BCUT2D eigenvalue weighted by atomic mass is 10.1. The SMILES string of the molecule is CCC1C(=O)NC(=O)CN1C(=O)Cn1cc(N)ccc1=O. The lowest BCUT2D eigenvalue weighted by Crippen LogP contribution is -2.60. The van der Waals surface area contributed by atoms with Crippen molar-refractivity contribution >= 4 is 23.4 Å². The summed E-state index contributed by atoms with van der Waals surface area (Å²) in [6.45, 7) is 1.29. The highest BCUT2D eigenvalue weighted by Gasteiger charge is 2.35. The first-order valence-electron chi connectivity index (χ1n) is 6.51. The Balaban J connectivity index is 2.22. The molecular weight excluding hydrogens is 276 g/mol. The van der Waals surface area contributed by atoms with E-state index in [2.05, 4.69) is 5.32 Å². The molecule has 1 atom stereocenters. The van der Waals surface area contributed by atoms with Gasteiger partial charge in [0.25, 0.3) is 5.56 Å². The van der Waals surface area contributed by atoms with Gasteiger partial charge in [-0.05, 0) is 12.5 Å². The molecule has 1 aliphatic heterocycles. The molecule has 0 bridgehead atoms. The summed E-state index contributed by atoms with van der Waals surface area (Å²) in [5.74, 6) is -1.50. The number of aromatic nitrogens is 1. The van der Waals surface area contributed by atoms with Crippen LogP contribution in [0.1, 0.15) is 13.3 Å². The van der Waals surface area contributed by atoms with Crippen molar-refractivity contribution in [3.8, 4) is 0 Å². The van der Waals surface area contributed by atoms with Crippen LogP contribution in [0.15, 0.2) is 23.1 Å². The minimum Gasteiger partial charge on any atom is -0.398 e. The van der Waals surface area contributed by atoms with Gasteiger partial charge in [-0.2, -0.15) is 0 Å². The average Bonchev–Trinajstić information content (AvgIpc) is 2.42. The van der Waals surface area contributed by atoms with E-state index in [0.717, 1.165) is 4.57 Å². The van der Waals surface area contributed by atoms with Crippen molar-refractivity contribution in [1.29, 1.82) is 0 Å². The fourth-order valence-electron chi connectivity index (χ4n) is 2.24. The minimum atomic E-state index is -0.702. The molecule has 0 aliphatic carbocycles. The molecule has 3 N–H and O–H groups in total. The van der Waals surface area contributed by atoms with Crippen molar-refractivity contribution in [3.05, 3.63) is 28.7 Å². The molecular formula is C13H16N4O4. The van der Waals surface area contributed by atoms with Crippen molar-refractivity contribution in [3.63, 3.8) is 0 Å². The number of pyridine rings is 1. The van der Waals surface area contributed by atoms with Gasteiger partial charge in [0.1, 0.15) is 19.1 Å². The molecule has 2 rings (SSSR count). The van der Waals surface area contributed by atoms with E-state index in [9.17, 15) is 19.2 Å². The third-order valence-corrected chi connectivity index (χ3v) is 3.27. The molecule has 1 aliphatic rings. The van der Waals surface area contributed by atoms with Gasteiger partial charge >= 0.3 is 0 Å². The van der Waals surface area contributed by atoms with Crippen LogP contribution >= 0.6 is 0 Å². The molecule has 1 unspecified atom stereocenters. The zero-order chi connectivity index (χ0) is 15.6. The Morgan fingerprint density at radius 1 is 1.38 bits per heavy atom. The molecule has 1 fully saturated rings. The number of amides is 3. The monoisotopic (exact) mass is 292 g/mol. The normalized spacial score (nSPS) is 18.5. The summed E-state index contributed by atoms with van der Waals surface area (Å²) < 4.78 is 1.15. The van der Waals surface area contributed by atoms with Gasteiger partial charge in [0.2, 0.25) is 17.7 Å². The number of nitrogen functional groups attached to an aromatic ring is 1. The third kappa shape index (κ3) is 3.10. The number of imide groups is 1. The van der Waals surface area contributed by atoms with Crippen molar-refractivity contribution in [2.24, 2.45) is 0 Å². The lowest BCUT2D eigenvalue weighted by Gasteiger charge is -2.33. The van der Waals surface area contributed by atoms with E-state index in [-0.39, 0.29) is 18.6 Å². The number of piperazine rings is 1. The number of carbonyl (C=O) groups excluding carboxylic acids is 3. The summed E-state index contributed by atoms with van der Waals surface area (Å²) in [4.78, 5) is 48.3. The number of nitrogens with zero attached hydrogens (tertiary/aromatic N) is 2. The minimum absolute atomic E-state index is 0.194. The van der Waals surface area contributed by atoms with Gasteiger partial charge in [-0.3, -0.25) is 24.5 Å². The van der Waals surface area contributed by atoms with Crippen molar-refractivity contribution in [2.45, 2.75) is 25.9 Å². The number of rotatable bonds is 3. The first kappa shape index (κ1) is 14.8. The van der Waals surface area contributed by atoms with Crippen LogP contribution in [0.3, 0.4) is 0 Å². The first-order chi connectivity index (χ1) is 9.92. The number of anilines is 1. The Kier molecular flexibility index (Phi) is 4.06. The highest BCUT2D eigenvalue weighted by atomic mass is 16.2. The highest BCUT2D eigenvalue weighted by Crippen LogP contribution is 2.10. The Morgan fingerprint density at radius 2 is 2.10 bits per heavy atom. The predicted molar refractivity (Wildman–Crippen MR) is 74.1 cm³/mol. The van der Waals surface area contributed by atoms with Crippen LogP contribution in [0.25, 0.3) is 0 Å². The fourth-order valence-corrected chi connectivity index (χ4v) is 2.24. The lowest BCUT2D eigenvalue weighted by molar-refractivity contribution is -0.150. The number of hydrogen-bond donors (Lipinski definition) is 2. The van der Waals surface area contributed by atoms with Gasteiger partial charge in [-0.25, -0.2) is 0 Å². The van der Waals surface area contributed by atoms with Crippen LogP contribution in [0, 0.1) is 0 Å². The number of hydrogen-bond acceptors (Lipinski definition) is 5. The summed E-state index contributed by atoms with van der Waals surface area (Å²) in [5.41, 5.74) is 5.55. The quantitative estimate of drug-likeness (QED) is 0.672. The zero-order valence-electron chi connectivity index (χ0n) is 11.5. The Labute approximate surface area is 120 Å². The van der Waals surface area contributed by atoms with Crippen LogP contribution < -0.4 is 16.6 Å². The van der Waals surface area contributed by atoms with Gasteiger partial charge in [0.15, 0.2) is 0 Å². The molecule has 8 nitrogen and oxygen atoms in total. The molecule has 112 valence electrons. The van der Waals surface area contributed by atoms with Crippen LogP contribution in [0.4, 0.5) is 5.69 Å². The van der Waals surface area contributed by atoms with Crippen molar-refractivity contribution in [1.82, 2.24) is 14.8 Å². The second-order valence-electron chi connectivity index (χ2n) is 4.79. The summed E-state index contributed by atoms with van der Waals surface area (Å²) in [7, 11) is 0. The molecule has 0 aromatic carbocycles. The zero-order valence-corrected chi connectivity index (χ0v) is 11.5. The average molecular weight is 292 g/mol. The van der Waals surface area contributed by atoms with E-state index < -0.39 is 23.8 Å². The molecule has 1 aromatic heterocycles. The fraction of sp³-hybridized carbons (Fsp3) is 0.385. The molecule has 0 saturated carbocycles. The summed E-state index contributed by atoms with van der Waals surface area (Å²) >= 11 is 0. The number of nitrogens with two attached hydrogens (primary N) is 1. The molecule has 1 saturated heterocycles. The maximum atomic E-state index is 12.3. The highest BCUT2D eigenvalue weighted by molar-refractivity contribution is 6.04. The summed E-state index contributed by atoms with van der Waals surface area (Å²) in [5, 5.41) is 2.19. The molecule has 0 radical (unpaired) electrons. The van der Waals surface area contributed by atoms with E-state index in [4.69, 9.17) is 5.73 Å². The molecule has 3 amide bonds. The molecule has 0 spiro atoms. The molecule has 1 aromatic rings. The van der Waals surface area contributed by atoms with Gasteiger partial charge in [-0.15, -0.1) is 0 Å². The maximum Gasteiger partial charge on any atom is 0.251 e. The largest absolute Gasteiger partial charge is 0.398 e. The van der Waals surface area contributed by atoms with Crippen LogP contribution in [-0.2, 0) is 20.9 Å². The predicted octanol–water partition coefficient (Wildman–Crippen LogP) is -1.31. The van der Waals surface area contributed by atoms with Crippen LogP contribution in [-0.4, -0.2) is 39.8 Å². The molecule has 2 heterocycles. The van der Waals surface area contributed by atoms with E-state index in [1.807, 2.05) is 0 Å². The topological polar surface area (TPSA) is 114 Å². The van der Waals surface area contributed by atoms with Crippen LogP contribution in [0.2, 0.25) is 0 Å². The van der Waals surface area contributed by atoms with Crippen molar-refractivity contribution < 1.29 is 14.4 Å². The van der Waals surface area contributed by atoms with E-state index in [0.29, 0.717) is 12.1 Å². The maximum absolute atomic E-state index is 12.3. The standard InChI is InChI=1S/C13H16N4O4/c1-2-9-13(21)15-10(18)6-17(9)12(20)7-16-5-8(14)3-4-11(16)19/h3-5,9H,2,6-7,14H2,1H3,(H,15,18,21). The van der Waals surface area contributed by atoms with Gasteiger partial charge in [-0.1, -0.05) is 6.92 Å². The van der Waals surface area contributed by atoms with Crippen molar-refractivity contribution in [2.75, 3.05) is 12.3 Å². The Morgan fingerprint density at radius 3 is 2.76 bits per heavy atom. The van der Waals surface area contributed by atoms with Gasteiger partial charge < -0.3 is 15.2 Å². The number of carbonyl (C=O) groups is 3. The van der Waals surface area contributed by atoms with E-state index >= 15 is 0 Å². The van der Waals surface area contributed by atoms with Gasteiger partial charge in [0, 0.05) is 18.0 Å². The molecule has 8 heteroatoms. The Bertz CT molecular complexity index is 652. The van der Waals surface area contributed by atoms with E-state index in [1.54, 1.807) is 6.92 Å². The molecule has 21 heavy (non-hydrogen) atoms. The number of nitrogens with one attached hydrogen (secondary N) is 1. The summed E-state index contributed by atoms with van der Waals surface area (Å²) in [6, 6.07) is 2.00. The second-order valence-corrected chi connectivity index (χ2v) is 4.79. The van der Waals surface area contributed by atoms with Gasteiger partial charge in [0.05, 0.1) is 0 Å². The second kappa shape index (κ2) is 5.78. The third-order valence-electron chi connectivity index (χ3n) is 3.27.